The fraction of sp³-hybridized carbons (Fsp3) is 1.00. The van der Waals surface area contributed by atoms with E-state index < -0.39 is 0 Å². The maximum absolute atomic E-state index is 3.80. The molecule has 0 bridgehead atoms. The predicted octanol–water partition coefficient (Wildman–Crippen LogP) is 2.32. The van der Waals surface area contributed by atoms with Gasteiger partial charge in [-0.05, 0) is 26.0 Å². The van der Waals surface area contributed by atoms with E-state index in [4.69, 9.17) is 0 Å². The highest BCUT2D eigenvalue weighted by atomic mass is 32.2. The maximum atomic E-state index is 3.80. The first kappa shape index (κ1) is 9.22. The summed E-state index contributed by atoms with van der Waals surface area (Å²) in [7, 11) is 0. The number of rotatable bonds is 0. The van der Waals surface area contributed by atoms with Crippen LogP contribution in [-0.2, 0) is 0 Å². The van der Waals surface area contributed by atoms with Gasteiger partial charge in [0.2, 0.25) is 0 Å². The Hall–Kier alpha value is 0.660. The van der Waals surface area contributed by atoms with E-state index in [0.717, 1.165) is 5.25 Å². The molecule has 3 heteroatoms. The van der Waals surface area contributed by atoms with Crippen LogP contribution in [0, 0.1) is 0 Å². The van der Waals surface area contributed by atoms with E-state index in [1.54, 1.807) is 0 Å². The summed E-state index contributed by atoms with van der Waals surface area (Å²) in [5.74, 6) is 2.59. The third kappa shape index (κ3) is 1.40. The molecule has 0 amide bonds. The molecule has 0 aromatic carbocycles. The quantitative estimate of drug-likeness (QED) is 0.649. The topological polar surface area (TPSA) is 12.0 Å². The second kappa shape index (κ2) is 2.82. The van der Waals surface area contributed by atoms with Crippen LogP contribution >= 0.6 is 23.5 Å². The molecule has 0 aromatic rings. The molecular weight excluding hydrogens is 186 g/mol. The Morgan fingerprint density at radius 3 is 2.58 bits per heavy atom. The van der Waals surface area contributed by atoms with Crippen LogP contribution in [0.3, 0.4) is 0 Å². The van der Waals surface area contributed by atoms with E-state index >= 15 is 0 Å². The van der Waals surface area contributed by atoms with Gasteiger partial charge < -0.3 is 0 Å². The lowest BCUT2D eigenvalue weighted by Gasteiger charge is -2.30. The van der Waals surface area contributed by atoms with E-state index in [1.807, 2.05) is 0 Å². The van der Waals surface area contributed by atoms with E-state index in [9.17, 15) is 0 Å². The van der Waals surface area contributed by atoms with Gasteiger partial charge in [-0.15, -0.1) is 11.8 Å². The van der Waals surface area contributed by atoms with Crippen LogP contribution in [0.25, 0.3) is 0 Å². The molecule has 2 heterocycles. The van der Waals surface area contributed by atoms with Gasteiger partial charge in [-0.2, -0.15) is 11.8 Å². The highest BCUT2D eigenvalue weighted by Crippen LogP contribution is 2.49. The molecule has 12 heavy (non-hydrogen) atoms. The van der Waals surface area contributed by atoms with Crippen molar-refractivity contribution in [2.75, 3.05) is 11.5 Å². The van der Waals surface area contributed by atoms with Crippen LogP contribution < -0.4 is 5.32 Å². The average Bonchev–Trinajstić information content (AvgIpc) is 2.43. The molecular formula is C9H17NS2. The molecule has 1 N–H and O–H groups in total. The Morgan fingerprint density at radius 2 is 2.17 bits per heavy atom. The maximum Gasteiger partial charge on any atom is 0.0775 e. The standard InChI is InChI=1S/C9H17NS2/c1-7-9(4-5-11-7)10-8(2,3)6-12-9/h7,10H,4-6H2,1-3H3. The number of hydrogen-bond donors (Lipinski definition) is 1. The predicted molar refractivity (Wildman–Crippen MR) is 58.9 cm³/mol. The summed E-state index contributed by atoms with van der Waals surface area (Å²) in [5, 5.41) is 4.58. The van der Waals surface area contributed by atoms with Crippen molar-refractivity contribution in [3.63, 3.8) is 0 Å². The molecule has 0 saturated carbocycles. The van der Waals surface area contributed by atoms with E-state index in [-0.39, 0.29) is 0 Å². The third-order valence-electron chi connectivity index (χ3n) is 2.74. The Bertz CT molecular complexity index is 193. The zero-order chi connectivity index (χ0) is 8.82. The number of nitrogens with one attached hydrogen (secondary N) is 1. The highest BCUT2D eigenvalue weighted by molar-refractivity contribution is 8.05. The van der Waals surface area contributed by atoms with Crippen molar-refractivity contribution >= 4 is 23.5 Å². The van der Waals surface area contributed by atoms with E-state index in [1.165, 1.54) is 17.9 Å². The van der Waals surface area contributed by atoms with Crippen molar-refractivity contribution in [3.8, 4) is 0 Å². The van der Waals surface area contributed by atoms with Gasteiger partial charge in [0.1, 0.15) is 0 Å². The molecule has 70 valence electrons. The van der Waals surface area contributed by atoms with Crippen molar-refractivity contribution in [2.45, 2.75) is 42.9 Å². The molecule has 2 rings (SSSR count). The Kier molecular flexibility index (Phi) is 2.17. The minimum atomic E-state index is 0.351. The Labute approximate surface area is 83.4 Å². The fourth-order valence-corrected chi connectivity index (χ4v) is 5.33. The molecule has 2 aliphatic rings. The highest BCUT2D eigenvalue weighted by Gasteiger charge is 2.49. The van der Waals surface area contributed by atoms with Gasteiger partial charge in [-0.25, -0.2) is 0 Å². The van der Waals surface area contributed by atoms with Gasteiger partial charge in [0.15, 0.2) is 0 Å². The molecule has 2 aliphatic heterocycles. The van der Waals surface area contributed by atoms with Gasteiger partial charge >= 0.3 is 0 Å². The van der Waals surface area contributed by atoms with Crippen molar-refractivity contribution < 1.29 is 0 Å². The molecule has 2 fully saturated rings. The van der Waals surface area contributed by atoms with Crippen molar-refractivity contribution in [1.82, 2.24) is 5.32 Å². The van der Waals surface area contributed by atoms with Crippen LogP contribution in [-0.4, -0.2) is 27.2 Å². The van der Waals surface area contributed by atoms with Crippen molar-refractivity contribution in [3.05, 3.63) is 0 Å². The summed E-state index contributed by atoms with van der Waals surface area (Å²) < 4.78 is 0. The molecule has 2 atom stereocenters. The fourth-order valence-electron chi connectivity index (χ4n) is 2.03. The largest absolute Gasteiger partial charge is 0.296 e. The van der Waals surface area contributed by atoms with Gasteiger partial charge in [-0.3, -0.25) is 5.32 Å². The van der Waals surface area contributed by atoms with Gasteiger partial charge in [0.25, 0.3) is 0 Å². The summed E-state index contributed by atoms with van der Waals surface area (Å²) >= 11 is 4.25. The van der Waals surface area contributed by atoms with Crippen LogP contribution in [0.5, 0.6) is 0 Å². The molecule has 2 unspecified atom stereocenters. The second-order valence-electron chi connectivity index (χ2n) is 4.45. The normalized spacial score (nSPS) is 45.8. The number of thioether (sulfide) groups is 2. The van der Waals surface area contributed by atoms with E-state index in [0.29, 0.717) is 10.4 Å². The molecule has 0 radical (unpaired) electrons. The van der Waals surface area contributed by atoms with Crippen LogP contribution in [0.2, 0.25) is 0 Å². The lowest BCUT2D eigenvalue weighted by atomic mass is 10.0. The van der Waals surface area contributed by atoms with Gasteiger partial charge in [-0.1, -0.05) is 6.92 Å². The Morgan fingerprint density at radius 1 is 1.42 bits per heavy atom. The van der Waals surface area contributed by atoms with Crippen LogP contribution in [0.1, 0.15) is 27.2 Å². The molecule has 1 spiro atoms. The molecule has 0 aromatic heterocycles. The average molecular weight is 203 g/mol. The molecule has 0 aliphatic carbocycles. The lowest BCUT2D eigenvalue weighted by molar-refractivity contribution is 0.364. The summed E-state index contributed by atoms with van der Waals surface area (Å²) in [4.78, 5) is 0.411. The summed E-state index contributed by atoms with van der Waals surface area (Å²) in [5.41, 5.74) is 0.351. The monoisotopic (exact) mass is 203 g/mol. The summed E-state index contributed by atoms with van der Waals surface area (Å²) in [6.07, 6.45) is 1.34. The first-order valence-electron chi connectivity index (χ1n) is 4.59. The van der Waals surface area contributed by atoms with E-state index in [2.05, 4.69) is 49.6 Å². The van der Waals surface area contributed by atoms with Crippen LogP contribution in [0.15, 0.2) is 0 Å². The summed E-state index contributed by atoms with van der Waals surface area (Å²) in [6.45, 7) is 6.98. The first-order valence-corrected chi connectivity index (χ1v) is 6.62. The molecule has 2 saturated heterocycles. The lowest BCUT2D eigenvalue weighted by Crippen LogP contribution is -2.50. The number of hydrogen-bond acceptors (Lipinski definition) is 3. The van der Waals surface area contributed by atoms with Crippen LogP contribution in [0.4, 0.5) is 0 Å². The SMILES string of the molecule is CC1SCCC12NC(C)(C)CS2. The zero-order valence-electron chi connectivity index (χ0n) is 8.02. The van der Waals surface area contributed by atoms with Gasteiger partial charge in [0.05, 0.1) is 4.87 Å². The first-order chi connectivity index (χ1) is 5.54. The second-order valence-corrected chi connectivity index (χ2v) is 7.20. The third-order valence-corrected chi connectivity index (χ3v) is 6.27. The van der Waals surface area contributed by atoms with Crippen molar-refractivity contribution in [2.24, 2.45) is 0 Å². The Balaban J connectivity index is 2.14. The summed E-state index contributed by atoms with van der Waals surface area (Å²) in [6, 6.07) is 0. The minimum absolute atomic E-state index is 0.351. The molecule has 1 nitrogen and oxygen atoms in total. The smallest absolute Gasteiger partial charge is 0.0775 e. The van der Waals surface area contributed by atoms with Crippen molar-refractivity contribution in [1.29, 1.82) is 0 Å². The van der Waals surface area contributed by atoms with Gasteiger partial charge in [0, 0.05) is 16.5 Å². The zero-order valence-corrected chi connectivity index (χ0v) is 9.65. The minimum Gasteiger partial charge on any atom is -0.296 e.